The van der Waals surface area contributed by atoms with Gasteiger partial charge in [0.05, 0.1) is 5.56 Å². The lowest BCUT2D eigenvalue weighted by Crippen LogP contribution is -2.02. The lowest BCUT2D eigenvalue weighted by atomic mass is 9.94. The summed E-state index contributed by atoms with van der Waals surface area (Å²) in [5.74, 6) is -0.233. The number of fused-ring (bicyclic) bond motifs is 2. The maximum atomic E-state index is 12.1. The second-order valence-electron chi connectivity index (χ2n) is 5.73. The molecule has 0 aliphatic carbocycles. The average Bonchev–Trinajstić information content (AvgIpc) is 3.04. The summed E-state index contributed by atoms with van der Waals surface area (Å²) in [5.41, 5.74) is 6.17. The van der Waals surface area contributed by atoms with E-state index < -0.39 is 0 Å². The lowest BCUT2D eigenvalue weighted by molar-refractivity contribution is 0.0457. The number of benzene rings is 2. The number of cyclic esters (lactones) is 1. The molecule has 0 bridgehead atoms. The van der Waals surface area contributed by atoms with Gasteiger partial charge in [0.25, 0.3) is 0 Å². The van der Waals surface area contributed by atoms with Crippen LogP contribution >= 0.6 is 0 Å². The number of hydrogen-bond acceptors (Lipinski definition) is 2. The van der Waals surface area contributed by atoms with Crippen molar-refractivity contribution in [2.24, 2.45) is 0 Å². The molecule has 0 amide bonds. The molecule has 1 aliphatic heterocycles. The summed E-state index contributed by atoms with van der Waals surface area (Å²) in [4.78, 5) is 15.6. The van der Waals surface area contributed by atoms with Crippen LogP contribution < -0.4 is 0 Å². The summed E-state index contributed by atoms with van der Waals surface area (Å²) in [6, 6.07) is 13.9. The Morgan fingerprint density at radius 3 is 2.77 bits per heavy atom. The highest BCUT2D eigenvalue weighted by molar-refractivity contribution is 5.96. The van der Waals surface area contributed by atoms with E-state index in [0.29, 0.717) is 5.56 Å². The predicted octanol–water partition coefficient (Wildman–Crippen LogP) is 4.30. The zero-order chi connectivity index (χ0) is 15.3. The fraction of sp³-hybridized carbons (Fsp3) is 0.211. The molecule has 0 spiro atoms. The third kappa shape index (κ3) is 1.72. The normalized spacial score (nSPS) is 16.8. The number of esters is 1. The van der Waals surface area contributed by atoms with Crippen molar-refractivity contribution < 1.29 is 9.53 Å². The molecule has 22 heavy (non-hydrogen) atoms. The molecule has 110 valence electrons. The first kappa shape index (κ1) is 13.1. The second kappa shape index (κ2) is 4.73. The quantitative estimate of drug-likeness (QED) is 0.715. The summed E-state index contributed by atoms with van der Waals surface area (Å²) in [5, 5.41) is 1.19. The van der Waals surface area contributed by atoms with Crippen molar-refractivity contribution in [3.05, 3.63) is 70.4 Å². The van der Waals surface area contributed by atoms with Gasteiger partial charge in [0.15, 0.2) is 6.10 Å². The summed E-state index contributed by atoms with van der Waals surface area (Å²) in [6.07, 6.45) is 0.634. The van der Waals surface area contributed by atoms with E-state index in [1.807, 2.05) is 31.2 Å². The Balaban J connectivity index is 2.00. The number of aryl methyl sites for hydroxylation is 2. The van der Waals surface area contributed by atoms with Gasteiger partial charge in [0.1, 0.15) is 0 Å². The number of H-pyrrole nitrogens is 1. The summed E-state index contributed by atoms with van der Waals surface area (Å²) in [7, 11) is 0. The molecular formula is C19H17NO2. The van der Waals surface area contributed by atoms with Gasteiger partial charge in [-0.15, -0.1) is 0 Å². The van der Waals surface area contributed by atoms with Gasteiger partial charge in [-0.05, 0) is 31.0 Å². The molecule has 1 unspecified atom stereocenters. The molecule has 1 atom stereocenters. The zero-order valence-electron chi connectivity index (χ0n) is 12.6. The van der Waals surface area contributed by atoms with Crippen LogP contribution in [0.3, 0.4) is 0 Å². The van der Waals surface area contributed by atoms with Gasteiger partial charge in [-0.2, -0.15) is 0 Å². The smallest absolute Gasteiger partial charge is 0.339 e. The Morgan fingerprint density at radius 2 is 1.95 bits per heavy atom. The number of ether oxygens (including phenoxy) is 1. The molecule has 0 radical (unpaired) electrons. The first-order valence-electron chi connectivity index (χ1n) is 7.60. The van der Waals surface area contributed by atoms with E-state index in [4.69, 9.17) is 4.74 Å². The van der Waals surface area contributed by atoms with Gasteiger partial charge in [-0.25, -0.2) is 4.79 Å². The van der Waals surface area contributed by atoms with Crippen molar-refractivity contribution in [1.29, 1.82) is 0 Å². The molecule has 3 aromatic rings. The lowest BCUT2D eigenvalue weighted by Gasteiger charge is -2.13. The van der Waals surface area contributed by atoms with E-state index >= 15 is 0 Å². The molecule has 4 rings (SSSR count). The number of hydrogen-bond donors (Lipinski definition) is 1. The second-order valence-corrected chi connectivity index (χ2v) is 5.73. The zero-order valence-corrected chi connectivity index (χ0v) is 12.6. The maximum absolute atomic E-state index is 12.1. The number of aromatic nitrogens is 1. The highest BCUT2D eigenvalue weighted by Gasteiger charge is 2.34. The van der Waals surface area contributed by atoms with Crippen LogP contribution in [0.2, 0.25) is 0 Å². The van der Waals surface area contributed by atoms with E-state index in [1.54, 1.807) is 0 Å². The average molecular weight is 291 g/mol. The number of carbonyl (C=O) groups is 1. The highest BCUT2D eigenvalue weighted by Crippen LogP contribution is 2.41. The van der Waals surface area contributed by atoms with Gasteiger partial charge < -0.3 is 9.72 Å². The molecule has 0 saturated heterocycles. The Bertz CT molecular complexity index is 892. The monoisotopic (exact) mass is 291 g/mol. The van der Waals surface area contributed by atoms with Crippen LogP contribution in [0.15, 0.2) is 42.5 Å². The van der Waals surface area contributed by atoms with Gasteiger partial charge in [0, 0.05) is 27.7 Å². The largest absolute Gasteiger partial charge is 0.449 e. The van der Waals surface area contributed by atoms with E-state index in [1.165, 1.54) is 10.9 Å². The molecule has 1 aliphatic rings. The van der Waals surface area contributed by atoms with Crippen molar-refractivity contribution in [2.75, 3.05) is 0 Å². The Morgan fingerprint density at radius 1 is 1.14 bits per heavy atom. The maximum Gasteiger partial charge on any atom is 0.339 e. The Labute approximate surface area is 128 Å². The van der Waals surface area contributed by atoms with Crippen molar-refractivity contribution >= 4 is 16.9 Å². The van der Waals surface area contributed by atoms with Gasteiger partial charge in [-0.1, -0.05) is 37.3 Å². The first-order valence-corrected chi connectivity index (χ1v) is 7.60. The number of aromatic amines is 1. The van der Waals surface area contributed by atoms with Crippen LogP contribution in [-0.4, -0.2) is 11.0 Å². The third-order valence-corrected chi connectivity index (χ3v) is 4.48. The molecule has 3 heteroatoms. The van der Waals surface area contributed by atoms with Crippen LogP contribution in [0.1, 0.15) is 45.8 Å². The van der Waals surface area contributed by atoms with Crippen LogP contribution in [0.5, 0.6) is 0 Å². The van der Waals surface area contributed by atoms with Crippen LogP contribution in [0.25, 0.3) is 10.9 Å². The van der Waals surface area contributed by atoms with E-state index in [2.05, 4.69) is 30.1 Å². The third-order valence-electron chi connectivity index (χ3n) is 4.48. The van der Waals surface area contributed by atoms with E-state index in [0.717, 1.165) is 28.8 Å². The number of carbonyl (C=O) groups excluding carboxylic acids is 1. The molecule has 3 nitrogen and oxygen atoms in total. The summed E-state index contributed by atoms with van der Waals surface area (Å²) in [6.45, 7) is 4.19. The van der Waals surface area contributed by atoms with Crippen LogP contribution in [0.4, 0.5) is 0 Å². The molecular weight excluding hydrogens is 274 g/mol. The van der Waals surface area contributed by atoms with Crippen molar-refractivity contribution in [1.82, 2.24) is 4.98 Å². The molecule has 2 heterocycles. The number of nitrogens with one attached hydrogen (secondary N) is 1. The standard InChI is InChI=1S/C19H17NO2/c1-3-12-7-6-10-15-17(12)16(11(2)20-15)18-13-8-4-5-9-14(13)19(21)22-18/h4-10,18,20H,3H2,1-2H3. The van der Waals surface area contributed by atoms with Crippen LogP contribution in [0, 0.1) is 6.92 Å². The number of rotatable bonds is 2. The highest BCUT2D eigenvalue weighted by atomic mass is 16.5. The molecule has 0 saturated carbocycles. The Hall–Kier alpha value is -2.55. The van der Waals surface area contributed by atoms with E-state index in [-0.39, 0.29) is 12.1 Å². The van der Waals surface area contributed by atoms with Gasteiger partial charge in [0.2, 0.25) is 0 Å². The molecule has 0 fully saturated rings. The van der Waals surface area contributed by atoms with Crippen molar-refractivity contribution in [3.63, 3.8) is 0 Å². The minimum atomic E-state index is -0.315. The minimum absolute atomic E-state index is 0.233. The minimum Gasteiger partial charge on any atom is -0.449 e. The molecule has 1 aromatic heterocycles. The van der Waals surface area contributed by atoms with Crippen molar-refractivity contribution in [3.8, 4) is 0 Å². The van der Waals surface area contributed by atoms with Gasteiger partial charge in [-0.3, -0.25) is 0 Å². The summed E-state index contributed by atoms with van der Waals surface area (Å²) >= 11 is 0. The van der Waals surface area contributed by atoms with E-state index in [9.17, 15) is 4.79 Å². The fourth-order valence-electron chi connectivity index (χ4n) is 3.46. The van der Waals surface area contributed by atoms with Crippen LogP contribution in [-0.2, 0) is 11.2 Å². The Kier molecular flexibility index (Phi) is 2.83. The predicted molar refractivity (Wildman–Crippen MR) is 86.1 cm³/mol. The summed E-state index contributed by atoms with van der Waals surface area (Å²) < 4.78 is 5.71. The molecule has 1 N–H and O–H groups in total. The topological polar surface area (TPSA) is 42.1 Å². The molecule has 2 aromatic carbocycles. The van der Waals surface area contributed by atoms with Crippen molar-refractivity contribution in [2.45, 2.75) is 26.4 Å². The SMILES string of the molecule is CCc1cccc2[nH]c(C)c(C3OC(=O)c4ccccc43)c12. The fourth-order valence-corrected chi connectivity index (χ4v) is 3.46. The first-order chi connectivity index (χ1) is 10.7. The van der Waals surface area contributed by atoms with Gasteiger partial charge >= 0.3 is 5.97 Å².